The van der Waals surface area contributed by atoms with E-state index < -0.39 is 24.7 Å². The van der Waals surface area contributed by atoms with E-state index in [4.69, 9.17) is 4.74 Å². The third-order valence-electron chi connectivity index (χ3n) is 10.9. The summed E-state index contributed by atoms with van der Waals surface area (Å²) in [5.41, 5.74) is 4.28. The van der Waals surface area contributed by atoms with Crippen molar-refractivity contribution >= 4 is 34.2 Å². The Bertz CT molecular complexity index is 2420. The maximum Gasteiger partial charge on any atom is 0.264 e. The van der Waals surface area contributed by atoms with Crippen LogP contribution in [0.4, 0.5) is 24.5 Å². The molecule has 10 nitrogen and oxygen atoms in total. The molecule has 0 unspecified atom stereocenters. The molecule has 56 heavy (non-hydrogen) atoms. The normalized spacial score (nSPS) is 16.0. The third-order valence-corrected chi connectivity index (χ3v) is 10.9. The lowest BCUT2D eigenvalue weighted by atomic mass is 9.92. The molecule has 0 spiro atoms. The predicted molar refractivity (Wildman–Crippen MR) is 207 cm³/mol. The number of morpholine rings is 1. The zero-order chi connectivity index (χ0) is 39.1. The Morgan fingerprint density at radius 2 is 1.70 bits per heavy atom. The number of aryl methyl sites for hydroxylation is 1. The van der Waals surface area contributed by atoms with Crippen molar-refractivity contribution in [3.63, 3.8) is 0 Å². The van der Waals surface area contributed by atoms with Crippen molar-refractivity contribution in [2.75, 3.05) is 37.7 Å². The van der Waals surface area contributed by atoms with Gasteiger partial charge in [-0.3, -0.25) is 19.4 Å². The van der Waals surface area contributed by atoms with Crippen molar-refractivity contribution in [3.05, 3.63) is 131 Å². The van der Waals surface area contributed by atoms with Crippen LogP contribution in [0.15, 0.2) is 97.3 Å². The molecule has 0 aliphatic carbocycles. The van der Waals surface area contributed by atoms with Crippen LogP contribution in [0, 0.1) is 12.7 Å². The van der Waals surface area contributed by atoms with Crippen LogP contribution >= 0.6 is 0 Å². The van der Waals surface area contributed by atoms with E-state index in [9.17, 15) is 23.5 Å². The number of phenolic OH excluding ortho intramolecular Hbond substituents is 1. The fourth-order valence-corrected chi connectivity index (χ4v) is 7.97. The molecule has 0 saturated carbocycles. The van der Waals surface area contributed by atoms with Gasteiger partial charge in [0.05, 0.1) is 42.9 Å². The molecule has 3 aromatic carbocycles. The quantitative estimate of drug-likeness (QED) is 0.166. The molecular formula is C43H41F3N6O4. The topological polar surface area (TPSA) is 96.1 Å². The summed E-state index contributed by atoms with van der Waals surface area (Å²) in [7, 11) is 1.86. The lowest BCUT2D eigenvalue weighted by Gasteiger charge is -2.40. The summed E-state index contributed by atoms with van der Waals surface area (Å²) in [6, 6.07) is 22.7. The molecule has 1 saturated heterocycles. The second-order valence-corrected chi connectivity index (χ2v) is 14.4. The lowest BCUT2D eigenvalue weighted by Crippen LogP contribution is -2.52. The number of rotatable bonds is 9. The van der Waals surface area contributed by atoms with E-state index in [1.165, 1.54) is 45.9 Å². The number of alkyl halides is 2. The zero-order valence-electron chi connectivity index (χ0n) is 31.0. The van der Waals surface area contributed by atoms with Crippen LogP contribution in [-0.2, 0) is 31.3 Å². The number of benzene rings is 3. The number of aromatic nitrogens is 3. The highest BCUT2D eigenvalue weighted by molar-refractivity contribution is 6.13. The van der Waals surface area contributed by atoms with Gasteiger partial charge in [0.15, 0.2) is 0 Å². The van der Waals surface area contributed by atoms with E-state index in [0.717, 1.165) is 29.6 Å². The van der Waals surface area contributed by atoms with E-state index in [-0.39, 0.29) is 45.8 Å². The van der Waals surface area contributed by atoms with Gasteiger partial charge in [-0.1, -0.05) is 24.3 Å². The van der Waals surface area contributed by atoms with Crippen LogP contribution in [0.2, 0.25) is 0 Å². The van der Waals surface area contributed by atoms with Gasteiger partial charge in [-0.05, 0) is 85.1 Å². The Kier molecular flexibility index (Phi) is 10.1. The first-order chi connectivity index (χ1) is 27.0. The fourth-order valence-electron chi connectivity index (χ4n) is 7.97. The van der Waals surface area contributed by atoms with E-state index in [1.54, 1.807) is 36.2 Å². The summed E-state index contributed by atoms with van der Waals surface area (Å²) in [6.07, 6.45) is 1.18. The van der Waals surface area contributed by atoms with Crippen molar-refractivity contribution in [3.8, 4) is 17.0 Å². The summed E-state index contributed by atoms with van der Waals surface area (Å²) in [4.78, 5) is 39.7. The van der Waals surface area contributed by atoms with Gasteiger partial charge in [0.25, 0.3) is 18.2 Å². The highest BCUT2D eigenvalue weighted by Crippen LogP contribution is 2.37. The first-order valence-corrected chi connectivity index (χ1v) is 18.6. The van der Waals surface area contributed by atoms with Gasteiger partial charge in [-0.15, -0.1) is 0 Å². The van der Waals surface area contributed by atoms with Crippen LogP contribution in [0.5, 0.6) is 5.75 Å². The van der Waals surface area contributed by atoms with Crippen LogP contribution in [0.25, 0.3) is 22.3 Å². The molecule has 2 amide bonds. The van der Waals surface area contributed by atoms with Gasteiger partial charge in [-0.2, -0.15) is 0 Å². The standard InChI is InChI=1S/C43H41F3N6O4/c1-27-37(43(55)52(32-8-10-35(53)11-9-32)33-20-29-13-14-48(2)41(29)47-23-33)22-39(50(27)26-40(45)46)38-21-31(44)7-12-36(38)42(54)51-24-30-6-4-3-5-28(30)19-34(51)25-49-15-17-56-18-16-49/h3-14,20-23,34,40,53H,15-19,24-26H2,1-2H3/t34-/m0/s1. The molecule has 288 valence electrons. The summed E-state index contributed by atoms with van der Waals surface area (Å²) in [5, 5.41) is 10.8. The first kappa shape index (κ1) is 37.0. The summed E-state index contributed by atoms with van der Waals surface area (Å²) < 4.78 is 52.8. The monoisotopic (exact) mass is 762 g/mol. The lowest BCUT2D eigenvalue weighted by molar-refractivity contribution is 0.0193. The molecule has 2 aliphatic rings. The van der Waals surface area contributed by atoms with Crippen molar-refractivity contribution < 1.29 is 32.6 Å². The summed E-state index contributed by atoms with van der Waals surface area (Å²) >= 11 is 0. The van der Waals surface area contributed by atoms with Gasteiger partial charge in [0, 0.05) is 73.4 Å². The number of hydrogen-bond donors (Lipinski definition) is 1. The molecule has 5 heterocycles. The number of carbonyl (C=O) groups excluding carboxylic acids is 2. The number of ether oxygens (including phenoxy) is 1. The van der Waals surface area contributed by atoms with Crippen LogP contribution in [0.3, 0.4) is 0 Å². The highest BCUT2D eigenvalue weighted by atomic mass is 19.3. The number of nitrogens with zero attached hydrogens (tertiary/aromatic N) is 6. The second kappa shape index (κ2) is 15.3. The number of amides is 2. The number of carbonyl (C=O) groups is 2. The van der Waals surface area contributed by atoms with E-state index in [2.05, 4.69) is 16.0 Å². The van der Waals surface area contributed by atoms with Gasteiger partial charge in [0.1, 0.15) is 17.2 Å². The van der Waals surface area contributed by atoms with E-state index >= 15 is 4.39 Å². The minimum Gasteiger partial charge on any atom is -0.508 e. The Balaban J connectivity index is 1.23. The Hall–Kier alpha value is -5.92. The average Bonchev–Trinajstić information content (AvgIpc) is 3.73. The summed E-state index contributed by atoms with van der Waals surface area (Å²) in [5.74, 6) is -1.60. The number of phenols is 1. The molecule has 3 aromatic heterocycles. The molecular weight excluding hydrogens is 722 g/mol. The van der Waals surface area contributed by atoms with Crippen LogP contribution in [-0.4, -0.2) is 86.2 Å². The van der Waals surface area contributed by atoms with Crippen LogP contribution < -0.4 is 4.90 Å². The largest absolute Gasteiger partial charge is 0.508 e. The van der Waals surface area contributed by atoms with Crippen molar-refractivity contribution in [1.82, 2.24) is 23.9 Å². The molecule has 2 aliphatic heterocycles. The second-order valence-electron chi connectivity index (χ2n) is 14.4. The zero-order valence-corrected chi connectivity index (χ0v) is 31.0. The Labute approximate surface area is 322 Å². The van der Waals surface area contributed by atoms with E-state index in [1.807, 2.05) is 42.1 Å². The smallest absolute Gasteiger partial charge is 0.264 e. The molecule has 0 radical (unpaired) electrons. The van der Waals surface area contributed by atoms with E-state index in [0.29, 0.717) is 49.7 Å². The fraction of sp³-hybridized carbons (Fsp3) is 0.279. The minimum atomic E-state index is -2.83. The molecule has 0 bridgehead atoms. The number of halogens is 3. The van der Waals surface area contributed by atoms with Gasteiger partial charge < -0.3 is 23.9 Å². The van der Waals surface area contributed by atoms with Gasteiger partial charge in [-0.25, -0.2) is 18.2 Å². The number of anilines is 2. The van der Waals surface area contributed by atoms with Gasteiger partial charge in [0.2, 0.25) is 0 Å². The minimum absolute atomic E-state index is 0.00739. The maximum atomic E-state index is 15.3. The molecule has 6 aromatic rings. The Morgan fingerprint density at radius 3 is 2.45 bits per heavy atom. The molecule has 8 rings (SSSR count). The average molecular weight is 763 g/mol. The highest BCUT2D eigenvalue weighted by Gasteiger charge is 2.35. The first-order valence-electron chi connectivity index (χ1n) is 18.6. The van der Waals surface area contributed by atoms with Crippen molar-refractivity contribution in [1.29, 1.82) is 0 Å². The summed E-state index contributed by atoms with van der Waals surface area (Å²) in [6.45, 7) is 4.36. The number of aromatic hydroxyl groups is 1. The van der Waals surface area contributed by atoms with Crippen LogP contribution in [0.1, 0.15) is 37.5 Å². The van der Waals surface area contributed by atoms with Gasteiger partial charge >= 0.3 is 0 Å². The maximum absolute atomic E-state index is 15.3. The molecule has 1 atom stereocenters. The number of pyridine rings is 1. The molecule has 1 fully saturated rings. The SMILES string of the molecule is Cc1c(C(=O)N(c2ccc(O)cc2)c2cnc3c(ccn3C)c2)cc(-c2cc(F)ccc2C(=O)N2Cc3ccccc3C[C@H]2CN2CCOCC2)n1CC(F)F. The number of fused-ring (bicyclic) bond motifs is 2. The third kappa shape index (κ3) is 7.15. The molecule has 1 N–H and O–H groups in total. The van der Waals surface area contributed by atoms with Crippen molar-refractivity contribution in [2.45, 2.75) is 38.9 Å². The Morgan fingerprint density at radius 1 is 0.946 bits per heavy atom. The predicted octanol–water partition coefficient (Wildman–Crippen LogP) is 7.34. The molecule has 13 heteroatoms. The number of hydrogen-bond acceptors (Lipinski definition) is 6. The van der Waals surface area contributed by atoms with Crippen molar-refractivity contribution in [2.24, 2.45) is 7.05 Å².